The average Bonchev–Trinajstić information content (AvgIpc) is 2.83. The van der Waals surface area contributed by atoms with Crippen molar-refractivity contribution in [2.24, 2.45) is 0 Å². The Labute approximate surface area is 121 Å². The fourth-order valence-corrected chi connectivity index (χ4v) is 2.48. The lowest BCUT2D eigenvalue weighted by Crippen LogP contribution is -2.26. The number of hydrogen-bond acceptors (Lipinski definition) is 4. The minimum absolute atomic E-state index is 0.161. The number of nitrogens with one attached hydrogen (secondary N) is 1. The van der Waals surface area contributed by atoms with E-state index in [1.165, 1.54) is 23.2 Å². The molecular weight excluding hydrogens is 274 g/mol. The molecule has 5 nitrogen and oxygen atoms in total. The monoisotopic (exact) mass is 289 g/mol. The van der Waals surface area contributed by atoms with Gasteiger partial charge in [0.1, 0.15) is 0 Å². The SMILES string of the molecule is CC(=O)Nc1cccc(C(=O)N(C)c2nc(C)cs2)c1. The highest BCUT2D eigenvalue weighted by atomic mass is 32.1. The third kappa shape index (κ3) is 3.21. The fourth-order valence-electron chi connectivity index (χ4n) is 1.71. The molecule has 1 N–H and O–H groups in total. The summed E-state index contributed by atoms with van der Waals surface area (Å²) in [7, 11) is 1.69. The smallest absolute Gasteiger partial charge is 0.259 e. The van der Waals surface area contributed by atoms with Crippen LogP contribution >= 0.6 is 11.3 Å². The molecule has 0 saturated heterocycles. The van der Waals surface area contributed by atoms with Gasteiger partial charge in [-0.3, -0.25) is 14.5 Å². The molecule has 0 unspecified atom stereocenters. The summed E-state index contributed by atoms with van der Waals surface area (Å²) in [4.78, 5) is 29.2. The maximum Gasteiger partial charge on any atom is 0.259 e. The number of anilines is 2. The molecule has 20 heavy (non-hydrogen) atoms. The maximum atomic E-state index is 12.4. The molecule has 1 heterocycles. The number of carbonyl (C=O) groups is 2. The van der Waals surface area contributed by atoms with Crippen molar-refractivity contribution in [2.75, 3.05) is 17.3 Å². The van der Waals surface area contributed by atoms with Crippen LogP contribution in [0.2, 0.25) is 0 Å². The standard InChI is InChI=1S/C14H15N3O2S/c1-9-8-20-14(15-9)17(3)13(19)11-5-4-6-12(7-11)16-10(2)18/h4-8H,1-3H3,(H,16,18). The molecule has 2 rings (SSSR count). The van der Waals surface area contributed by atoms with Crippen LogP contribution in [0.15, 0.2) is 29.6 Å². The molecule has 0 bridgehead atoms. The minimum atomic E-state index is -0.168. The highest BCUT2D eigenvalue weighted by Gasteiger charge is 2.16. The summed E-state index contributed by atoms with van der Waals surface area (Å²) in [6.45, 7) is 3.31. The largest absolute Gasteiger partial charge is 0.326 e. The zero-order valence-electron chi connectivity index (χ0n) is 11.5. The summed E-state index contributed by atoms with van der Waals surface area (Å²) in [5, 5.41) is 5.21. The van der Waals surface area contributed by atoms with Gasteiger partial charge in [-0.25, -0.2) is 4.98 Å². The summed E-state index contributed by atoms with van der Waals surface area (Å²) < 4.78 is 0. The number of rotatable bonds is 3. The van der Waals surface area contributed by atoms with E-state index in [9.17, 15) is 9.59 Å². The molecule has 0 radical (unpaired) electrons. The number of benzene rings is 1. The maximum absolute atomic E-state index is 12.4. The van der Waals surface area contributed by atoms with Crippen LogP contribution < -0.4 is 10.2 Å². The van der Waals surface area contributed by atoms with E-state index in [-0.39, 0.29) is 11.8 Å². The zero-order chi connectivity index (χ0) is 14.7. The normalized spacial score (nSPS) is 10.2. The highest BCUT2D eigenvalue weighted by molar-refractivity contribution is 7.14. The second-order valence-electron chi connectivity index (χ2n) is 4.40. The van der Waals surface area contributed by atoms with Gasteiger partial charge in [-0.05, 0) is 25.1 Å². The van der Waals surface area contributed by atoms with E-state index in [1.807, 2.05) is 12.3 Å². The van der Waals surface area contributed by atoms with Crippen molar-refractivity contribution in [3.05, 3.63) is 40.9 Å². The van der Waals surface area contributed by atoms with Crippen LogP contribution in [0.5, 0.6) is 0 Å². The van der Waals surface area contributed by atoms with Gasteiger partial charge in [-0.2, -0.15) is 0 Å². The van der Waals surface area contributed by atoms with Gasteiger partial charge in [-0.15, -0.1) is 11.3 Å². The van der Waals surface area contributed by atoms with Crippen molar-refractivity contribution < 1.29 is 9.59 Å². The van der Waals surface area contributed by atoms with E-state index in [0.717, 1.165) is 5.69 Å². The second kappa shape index (κ2) is 5.83. The lowest BCUT2D eigenvalue weighted by Gasteiger charge is -2.14. The van der Waals surface area contributed by atoms with Crippen molar-refractivity contribution in [3.8, 4) is 0 Å². The van der Waals surface area contributed by atoms with Gasteiger partial charge in [0, 0.05) is 30.6 Å². The molecule has 0 aliphatic rings. The molecule has 104 valence electrons. The first kappa shape index (κ1) is 14.2. The van der Waals surface area contributed by atoms with Gasteiger partial charge in [0.25, 0.3) is 5.91 Å². The number of aryl methyl sites for hydroxylation is 1. The van der Waals surface area contributed by atoms with Crippen LogP contribution in [0.4, 0.5) is 10.8 Å². The van der Waals surface area contributed by atoms with Gasteiger partial charge < -0.3 is 5.32 Å². The number of amides is 2. The Morgan fingerprint density at radius 1 is 1.35 bits per heavy atom. The van der Waals surface area contributed by atoms with Crippen molar-refractivity contribution in [2.45, 2.75) is 13.8 Å². The molecule has 1 aromatic carbocycles. The van der Waals surface area contributed by atoms with Crippen LogP contribution in [0.25, 0.3) is 0 Å². The lowest BCUT2D eigenvalue weighted by atomic mass is 10.2. The predicted molar refractivity (Wildman–Crippen MR) is 80.3 cm³/mol. The van der Waals surface area contributed by atoms with Gasteiger partial charge in [0.15, 0.2) is 5.13 Å². The summed E-state index contributed by atoms with van der Waals surface area (Å²) in [5.74, 6) is -0.329. The van der Waals surface area contributed by atoms with Gasteiger partial charge in [-0.1, -0.05) is 6.07 Å². The first-order valence-electron chi connectivity index (χ1n) is 6.05. The number of nitrogens with zero attached hydrogens (tertiary/aromatic N) is 2. The van der Waals surface area contributed by atoms with Crippen molar-refractivity contribution >= 4 is 34.0 Å². The number of hydrogen-bond donors (Lipinski definition) is 1. The molecule has 0 saturated carbocycles. The van der Waals surface area contributed by atoms with Crippen LogP contribution in [0.1, 0.15) is 23.0 Å². The number of carbonyl (C=O) groups excluding carboxylic acids is 2. The van der Waals surface area contributed by atoms with E-state index >= 15 is 0 Å². The van der Waals surface area contributed by atoms with Crippen LogP contribution in [0.3, 0.4) is 0 Å². The fraction of sp³-hybridized carbons (Fsp3) is 0.214. The topological polar surface area (TPSA) is 62.3 Å². The Morgan fingerprint density at radius 2 is 2.10 bits per heavy atom. The third-order valence-electron chi connectivity index (χ3n) is 2.63. The summed E-state index contributed by atoms with van der Waals surface area (Å²) >= 11 is 1.42. The molecule has 0 aliphatic carbocycles. The summed E-state index contributed by atoms with van der Waals surface area (Å²) in [6, 6.07) is 6.84. The molecule has 2 amide bonds. The molecule has 0 aliphatic heterocycles. The molecule has 6 heteroatoms. The second-order valence-corrected chi connectivity index (χ2v) is 5.23. The first-order valence-corrected chi connectivity index (χ1v) is 6.93. The molecule has 2 aromatic rings. The molecule has 0 fully saturated rings. The summed E-state index contributed by atoms with van der Waals surface area (Å²) in [5.41, 5.74) is 2.00. The van der Waals surface area contributed by atoms with E-state index in [4.69, 9.17) is 0 Å². The summed E-state index contributed by atoms with van der Waals surface area (Å²) in [6.07, 6.45) is 0. The van der Waals surface area contributed by atoms with Crippen LogP contribution in [-0.2, 0) is 4.79 Å². The van der Waals surface area contributed by atoms with Crippen molar-refractivity contribution in [1.29, 1.82) is 0 Å². The molecule has 0 spiro atoms. The average molecular weight is 289 g/mol. The Bertz CT molecular complexity index is 651. The Balaban J connectivity index is 2.22. The van der Waals surface area contributed by atoms with E-state index < -0.39 is 0 Å². The number of thiazole rings is 1. The Morgan fingerprint density at radius 3 is 2.70 bits per heavy atom. The Hall–Kier alpha value is -2.21. The highest BCUT2D eigenvalue weighted by Crippen LogP contribution is 2.21. The van der Waals surface area contributed by atoms with Crippen molar-refractivity contribution in [1.82, 2.24) is 4.98 Å². The van der Waals surface area contributed by atoms with E-state index in [2.05, 4.69) is 10.3 Å². The predicted octanol–water partition coefficient (Wildman–Crippen LogP) is 2.69. The quantitative estimate of drug-likeness (QED) is 0.945. The molecular formula is C14H15N3O2S. The Kier molecular flexibility index (Phi) is 4.14. The van der Waals surface area contributed by atoms with Gasteiger partial charge in [0.05, 0.1) is 5.69 Å². The van der Waals surface area contributed by atoms with Gasteiger partial charge in [0.2, 0.25) is 5.91 Å². The van der Waals surface area contributed by atoms with Crippen LogP contribution in [0, 0.1) is 6.92 Å². The van der Waals surface area contributed by atoms with Gasteiger partial charge >= 0.3 is 0 Å². The van der Waals surface area contributed by atoms with Crippen LogP contribution in [-0.4, -0.2) is 23.8 Å². The zero-order valence-corrected chi connectivity index (χ0v) is 12.3. The molecule has 1 aromatic heterocycles. The molecule has 0 atom stereocenters. The lowest BCUT2D eigenvalue weighted by molar-refractivity contribution is -0.114. The minimum Gasteiger partial charge on any atom is -0.326 e. The van der Waals surface area contributed by atoms with E-state index in [1.54, 1.807) is 31.3 Å². The van der Waals surface area contributed by atoms with Crippen molar-refractivity contribution in [3.63, 3.8) is 0 Å². The van der Waals surface area contributed by atoms with E-state index in [0.29, 0.717) is 16.4 Å². The number of aromatic nitrogens is 1. The third-order valence-corrected chi connectivity index (χ3v) is 3.66. The first-order chi connectivity index (χ1) is 9.47.